The van der Waals surface area contributed by atoms with Crippen molar-refractivity contribution in [1.29, 1.82) is 0 Å². The number of Topliss-reactive ketones (excluding diaryl/α,β-unsaturated/α-hetero) is 1. The quantitative estimate of drug-likeness (QED) is 0.754. The minimum atomic E-state index is 0.188. The zero-order valence-corrected chi connectivity index (χ0v) is 10.7. The number of rotatable bonds is 4. The Morgan fingerprint density at radius 3 is 3.06 bits per heavy atom. The minimum absolute atomic E-state index is 0.188. The van der Waals surface area contributed by atoms with Gasteiger partial charge in [-0.3, -0.25) is 4.79 Å². The lowest BCUT2D eigenvalue weighted by molar-refractivity contribution is 0.0856. The lowest BCUT2D eigenvalue weighted by atomic mass is 9.79. The van der Waals surface area contributed by atoms with Gasteiger partial charge in [-0.15, -0.1) is 5.10 Å². The van der Waals surface area contributed by atoms with Crippen molar-refractivity contribution >= 4 is 5.78 Å². The molecule has 1 aliphatic rings. The molecule has 2 atom stereocenters. The molecule has 4 nitrogen and oxygen atoms in total. The Bertz CT molecular complexity index is 386. The first-order valence-corrected chi connectivity index (χ1v) is 6.65. The fourth-order valence-corrected chi connectivity index (χ4v) is 2.71. The molecule has 0 aromatic carbocycles. The highest BCUT2D eigenvalue weighted by atomic mass is 16.1. The predicted octanol–water partition coefficient (Wildman–Crippen LogP) is 2.70. The third-order valence-corrected chi connectivity index (χ3v) is 3.61. The molecule has 0 aliphatic heterocycles. The molecule has 0 spiro atoms. The van der Waals surface area contributed by atoms with Gasteiger partial charge in [0.1, 0.15) is 5.69 Å². The van der Waals surface area contributed by atoms with E-state index in [1.807, 2.05) is 0 Å². The average Bonchev–Trinajstić information content (AvgIpc) is 2.77. The Hall–Kier alpha value is -1.19. The molecule has 17 heavy (non-hydrogen) atoms. The van der Waals surface area contributed by atoms with Crippen LogP contribution in [-0.4, -0.2) is 20.8 Å². The third-order valence-electron chi connectivity index (χ3n) is 3.61. The van der Waals surface area contributed by atoms with E-state index in [2.05, 4.69) is 24.2 Å². The number of nitrogens with zero attached hydrogens (tertiary/aromatic N) is 3. The molecule has 2 rings (SSSR count). The van der Waals surface area contributed by atoms with E-state index in [4.69, 9.17) is 0 Å². The van der Waals surface area contributed by atoms with E-state index >= 15 is 0 Å². The van der Waals surface area contributed by atoms with Gasteiger partial charge < -0.3 is 0 Å². The molecule has 0 radical (unpaired) electrons. The van der Waals surface area contributed by atoms with E-state index in [1.54, 1.807) is 10.9 Å². The Balaban J connectivity index is 2.10. The Morgan fingerprint density at radius 1 is 1.53 bits per heavy atom. The average molecular weight is 235 g/mol. The third kappa shape index (κ3) is 2.73. The van der Waals surface area contributed by atoms with Crippen molar-refractivity contribution in [3.8, 4) is 0 Å². The van der Waals surface area contributed by atoms with Crippen LogP contribution in [0.3, 0.4) is 0 Å². The van der Waals surface area contributed by atoms with E-state index in [-0.39, 0.29) is 11.7 Å². The van der Waals surface area contributed by atoms with Crippen LogP contribution < -0.4 is 0 Å². The van der Waals surface area contributed by atoms with Gasteiger partial charge in [-0.25, -0.2) is 4.68 Å². The normalized spacial score (nSPS) is 24.8. The standard InChI is InChI=1S/C13H21N3O/c1-3-7-16-12(9-14-15-16)13(17)11-6-4-5-10(2)8-11/h9-11H,3-8H2,1-2H3. The van der Waals surface area contributed by atoms with Crippen LogP contribution in [0.1, 0.15) is 56.4 Å². The minimum Gasteiger partial charge on any atom is -0.292 e. The van der Waals surface area contributed by atoms with Gasteiger partial charge in [-0.1, -0.05) is 31.9 Å². The maximum Gasteiger partial charge on any atom is 0.185 e. The molecule has 1 aliphatic carbocycles. The molecule has 1 heterocycles. The van der Waals surface area contributed by atoms with Crippen molar-refractivity contribution < 1.29 is 4.79 Å². The van der Waals surface area contributed by atoms with Crippen molar-refractivity contribution in [1.82, 2.24) is 15.0 Å². The second-order valence-electron chi connectivity index (χ2n) is 5.18. The molecule has 4 heteroatoms. The SMILES string of the molecule is CCCn1nncc1C(=O)C1CCCC(C)C1. The van der Waals surface area contributed by atoms with E-state index in [9.17, 15) is 4.79 Å². The van der Waals surface area contributed by atoms with Gasteiger partial charge in [0, 0.05) is 12.5 Å². The van der Waals surface area contributed by atoms with Crippen molar-refractivity contribution in [2.75, 3.05) is 0 Å². The van der Waals surface area contributed by atoms with Crippen LogP contribution in [0.5, 0.6) is 0 Å². The molecule has 0 N–H and O–H groups in total. The molecule has 1 saturated carbocycles. The van der Waals surface area contributed by atoms with E-state index in [0.29, 0.717) is 11.6 Å². The van der Waals surface area contributed by atoms with E-state index < -0.39 is 0 Å². The molecule has 94 valence electrons. The molecule has 1 fully saturated rings. The smallest absolute Gasteiger partial charge is 0.185 e. The maximum atomic E-state index is 12.4. The highest BCUT2D eigenvalue weighted by molar-refractivity contribution is 5.96. The second kappa shape index (κ2) is 5.43. The first-order valence-electron chi connectivity index (χ1n) is 6.65. The largest absolute Gasteiger partial charge is 0.292 e. The van der Waals surface area contributed by atoms with Crippen LogP contribution in [0.2, 0.25) is 0 Å². The summed E-state index contributed by atoms with van der Waals surface area (Å²) in [5, 5.41) is 7.85. The van der Waals surface area contributed by atoms with Crippen molar-refractivity contribution in [3.63, 3.8) is 0 Å². The molecule has 1 aromatic heterocycles. The van der Waals surface area contributed by atoms with Gasteiger partial charge in [-0.2, -0.15) is 0 Å². The van der Waals surface area contributed by atoms with Crippen molar-refractivity contribution in [3.05, 3.63) is 11.9 Å². The van der Waals surface area contributed by atoms with Crippen LogP contribution in [0, 0.1) is 11.8 Å². The van der Waals surface area contributed by atoms with Gasteiger partial charge >= 0.3 is 0 Å². The molecule has 1 aromatic rings. The first-order chi connectivity index (χ1) is 8.22. The van der Waals surface area contributed by atoms with Crippen LogP contribution in [-0.2, 0) is 6.54 Å². The van der Waals surface area contributed by atoms with Crippen molar-refractivity contribution in [2.45, 2.75) is 52.5 Å². The summed E-state index contributed by atoms with van der Waals surface area (Å²) >= 11 is 0. The molecular weight excluding hydrogens is 214 g/mol. The van der Waals surface area contributed by atoms with Gasteiger partial charge in [-0.05, 0) is 25.2 Å². The lowest BCUT2D eigenvalue weighted by Crippen LogP contribution is -2.24. The zero-order valence-electron chi connectivity index (χ0n) is 10.7. The number of ketones is 1. The number of carbonyl (C=O) groups excluding carboxylic acids is 1. The Morgan fingerprint density at radius 2 is 2.35 bits per heavy atom. The number of hydrogen-bond donors (Lipinski definition) is 0. The van der Waals surface area contributed by atoms with E-state index in [1.165, 1.54) is 12.8 Å². The highest BCUT2D eigenvalue weighted by Gasteiger charge is 2.28. The molecule has 0 amide bonds. The fraction of sp³-hybridized carbons (Fsp3) is 0.769. The topological polar surface area (TPSA) is 47.8 Å². The Kier molecular flexibility index (Phi) is 3.92. The summed E-state index contributed by atoms with van der Waals surface area (Å²) in [5.74, 6) is 1.11. The number of aryl methyl sites for hydroxylation is 1. The van der Waals surface area contributed by atoms with Gasteiger partial charge in [0.05, 0.1) is 6.20 Å². The highest BCUT2D eigenvalue weighted by Crippen LogP contribution is 2.30. The monoisotopic (exact) mass is 235 g/mol. The lowest BCUT2D eigenvalue weighted by Gasteiger charge is -2.25. The first kappa shape index (κ1) is 12.3. The summed E-state index contributed by atoms with van der Waals surface area (Å²) < 4.78 is 1.75. The maximum absolute atomic E-state index is 12.4. The molecular formula is C13H21N3O. The second-order valence-corrected chi connectivity index (χ2v) is 5.18. The van der Waals surface area contributed by atoms with Crippen LogP contribution >= 0.6 is 0 Å². The predicted molar refractivity (Wildman–Crippen MR) is 65.8 cm³/mol. The summed E-state index contributed by atoms with van der Waals surface area (Å²) in [6.45, 7) is 5.10. The number of hydrogen-bond acceptors (Lipinski definition) is 3. The van der Waals surface area contributed by atoms with E-state index in [0.717, 1.165) is 25.8 Å². The van der Waals surface area contributed by atoms with Gasteiger partial charge in [0.15, 0.2) is 5.78 Å². The summed E-state index contributed by atoms with van der Waals surface area (Å²) in [4.78, 5) is 12.4. The Labute approximate surface area is 102 Å². The van der Waals surface area contributed by atoms with Crippen LogP contribution in [0.15, 0.2) is 6.20 Å². The molecule has 0 bridgehead atoms. The summed E-state index contributed by atoms with van der Waals surface area (Å²) in [5.41, 5.74) is 0.700. The van der Waals surface area contributed by atoms with Crippen LogP contribution in [0.25, 0.3) is 0 Å². The van der Waals surface area contributed by atoms with Gasteiger partial charge in [0.25, 0.3) is 0 Å². The summed E-state index contributed by atoms with van der Waals surface area (Å²) in [6.07, 6.45) is 7.09. The summed E-state index contributed by atoms with van der Waals surface area (Å²) in [6, 6.07) is 0. The number of aromatic nitrogens is 3. The zero-order chi connectivity index (χ0) is 12.3. The molecule has 2 unspecified atom stereocenters. The van der Waals surface area contributed by atoms with Crippen molar-refractivity contribution in [2.24, 2.45) is 11.8 Å². The van der Waals surface area contributed by atoms with Gasteiger partial charge in [0.2, 0.25) is 0 Å². The molecule has 0 saturated heterocycles. The fourth-order valence-electron chi connectivity index (χ4n) is 2.71. The number of carbonyl (C=O) groups is 1. The summed E-state index contributed by atoms with van der Waals surface area (Å²) in [7, 11) is 0. The van der Waals surface area contributed by atoms with Crippen LogP contribution in [0.4, 0.5) is 0 Å².